The number of ether oxygens (including phenoxy) is 1. The third-order valence-electron chi connectivity index (χ3n) is 3.99. The van der Waals surface area contributed by atoms with Crippen molar-refractivity contribution < 1.29 is 9.53 Å². The second-order valence-electron chi connectivity index (χ2n) is 5.19. The number of H-pyrrole nitrogens is 1. The number of nitrogens with zero attached hydrogens (tertiary/aromatic N) is 1. The van der Waals surface area contributed by atoms with Crippen molar-refractivity contribution in [2.75, 3.05) is 13.2 Å². The zero-order valence-corrected chi connectivity index (χ0v) is 11.8. The van der Waals surface area contributed by atoms with Gasteiger partial charge in [-0.2, -0.15) is 0 Å². The zero-order chi connectivity index (χ0) is 13.9. The Labute approximate surface area is 118 Å². The first-order valence-electron chi connectivity index (χ1n) is 7.30. The average molecular weight is 272 g/mol. The van der Waals surface area contributed by atoms with Gasteiger partial charge in [0.1, 0.15) is 0 Å². The number of nitrogens with one attached hydrogen (secondary N) is 1. The summed E-state index contributed by atoms with van der Waals surface area (Å²) < 4.78 is 5.20. The summed E-state index contributed by atoms with van der Waals surface area (Å²) in [5, 5.41) is 1.20. The van der Waals surface area contributed by atoms with E-state index in [4.69, 9.17) is 4.74 Å². The summed E-state index contributed by atoms with van der Waals surface area (Å²) >= 11 is 0. The van der Waals surface area contributed by atoms with Crippen LogP contribution in [0.4, 0.5) is 4.79 Å². The van der Waals surface area contributed by atoms with E-state index in [1.807, 2.05) is 30.2 Å². The highest BCUT2D eigenvalue weighted by Crippen LogP contribution is 2.35. The SMILES string of the molecule is CCOC(=O)N1CCCCC1c1c[nH]c2ccccc12. The largest absolute Gasteiger partial charge is 0.450 e. The van der Waals surface area contributed by atoms with E-state index in [9.17, 15) is 4.79 Å². The Morgan fingerprint density at radius 1 is 1.40 bits per heavy atom. The number of rotatable bonds is 2. The van der Waals surface area contributed by atoms with Crippen LogP contribution in [-0.2, 0) is 4.74 Å². The van der Waals surface area contributed by atoms with E-state index in [-0.39, 0.29) is 12.1 Å². The second kappa shape index (κ2) is 5.57. The molecular formula is C16H20N2O2. The molecule has 1 atom stereocenters. The third-order valence-corrected chi connectivity index (χ3v) is 3.99. The molecular weight excluding hydrogens is 252 g/mol. The minimum Gasteiger partial charge on any atom is -0.450 e. The molecule has 1 amide bonds. The quantitative estimate of drug-likeness (QED) is 0.902. The van der Waals surface area contributed by atoms with Gasteiger partial charge < -0.3 is 14.6 Å². The molecule has 1 aromatic heterocycles. The second-order valence-corrected chi connectivity index (χ2v) is 5.19. The van der Waals surface area contributed by atoms with Crippen LogP contribution in [0.3, 0.4) is 0 Å². The fourth-order valence-corrected chi connectivity index (χ4v) is 3.05. The van der Waals surface area contributed by atoms with E-state index in [1.54, 1.807) is 0 Å². The van der Waals surface area contributed by atoms with Crippen LogP contribution >= 0.6 is 0 Å². The standard InChI is InChI=1S/C16H20N2O2/c1-2-20-16(19)18-10-6-5-9-15(18)13-11-17-14-8-4-3-7-12(13)14/h3-4,7-8,11,15,17H,2,5-6,9-10H2,1H3. The number of hydrogen-bond acceptors (Lipinski definition) is 2. The number of aromatic nitrogens is 1. The van der Waals surface area contributed by atoms with Crippen molar-refractivity contribution in [1.82, 2.24) is 9.88 Å². The monoisotopic (exact) mass is 272 g/mol. The zero-order valence-electron chi connectivity index (χ0n) is 11.8. The number of benzene rings is 1. The highest BCUT2D eigenvalue weighted by molar-refractivity contribution is 5.84. The van der Waals surface area contributed by atoms with Gasteiger partial charge in [-0.05, 0) is 32.3 Å². The Morgan fingerprint density at radius 2 is 2.25 bits per heavy atom. The maximum absolute atomic E-state index is 12.1. The molecule has 4 nitrogen and oxygen atoms in total. The number of fused-ring (bicyclic) bond motifs is 1. The lowest BCUT2D eigenvalue weighted by Gasteiger charge is -2.34. The number of aromatic amines is 1. The topological polar surface area (TPSA) is 45.3 Å². The van der Waals surface area contributed by atoms with Crippen LogP contribution in [-0.4, -0.2) is 29.1 Å². The van der Waals surface area contributed by atoms with Crippen molar-refractivity contribution in [2.24, 2.45) is 0 Å². The Morgan fingerprint density at radius 3 is 3.10 bits per heavy atom. The molecule has 0 radical (unpaired) electrons. The van der Waals surface area contributed by atoms with E-state index in [0.717, 1.165) is 31.3 Å². The van der Waals surface area contributed by atoms with Crippen LogP contribution in [0.15, 0.2) is 30.5 Å². The van der Waals surface area contributed by atoms with Gasteiger partial charge in [0, 0.05) is 29.2 Å². The van der Waals surface area contributed by atoms with E-state index in [2.05, 4.69) is 17.1 Å². The number of piperidine rings is 1. The van der Waals surface area contributed by atoms with Crippen LogP contribution < -0.4 is 0 Å². The molecule has 0 aliphatic carbocycles. The van der Waals surface area contributed by atoms with Crippen molar-refractivity contribution in [3.63, 3.8) is 0 Å². The first-order chi connectivity index (χ1) is 9.81. The first kappa shape index (κ1) is 13.0. The molecule has 3 rings (SSSR count). The summed E-state index contributed by atoms with van der Waals surface area (Å²) in [6.45, 7) is 3.06. The van der Waals surface area contributed by atoms with Crippen molar-refractivity contribution in [2.45, 2.75) is 32.2 Å². The Hall–Kier alpha value is -1.97. The number of amides is 1. The average Bonchev–Trinajstić information content (AvgIpc) is 2.91. The lowest BCUT2D eigenvalue weighted by Crippen LogP contribution is -2.38. The van der Waals surface area contributed by atoms with E-state index >= 15 is 0 Å². The molecule has 1 unspecified atom stereocenters. The molecule has 20 heavy (non-hydrogen) atoms. The summed E-state index contributed by atoms with van der Waals surface area (Å²) in [5.41, 5.74) is 2.32. The van der Waals surface area contributed by atoms with Crippen molar-refractivity contribution >= 4 is 17.0 Å². The molecule has 1 saturated heterocycles. The van der Waals surface area contributed by atoms with Crippen LogP contribution in [0.25, 0.3) is 10.9 Å². The molecule has 0 saturated carbocycles. The smallest absolute Gasteiger partial charge is 0.410 e. The summed E-state index contributed by atoms with van der Waals surface area (Å²) in [4.78, 5) is 17.3. The molecule has 1 aliphatic rings. The number of carbonyl (C=O) groups is 1. The summed E-state index contributed by atoms with van der Waals surface area (Å²) in [5.74, 6) is 0. The van der Waals surface area contributed by atoms with Crippen LogP contribution in [0.5, 0.6) is 0 Å². The van der Waals surface area contributed by atoms with Gasteiger partial charge in [0.05, 0.1) is 12.6 Å². The number of carbonyl (C=O) groups excluding carboxylic acids is 1. The predicted octanol–water partition coefficient (Wildman–Crippen LogP) is 3.85. The summed E-state index contributed by atoms with van der Waals surface area (Å²) in [6, 6.07) is 8.36. The van der Waals surface area contributed by atoms with Gasteiger partial charge in [0.15, 0.2) is 0 Å². The third kappa shape index (κ3) is 2.26. The fraction of sp³-hybridized carbons (Fsp3) is 0.438. The highest BCUT2D eigenvalue weighted by Gasteiger charge is 2.30. The van der Waals surface area contributed by atoms with Gasteiger partial charge in [-0.3, -0.25) is 0 Å². The number of likely N-dealkylation sites (tertiary alicyclic amines) is 1. The molecule has 2 heterocycles. The van der Waals surface area contributed by atoms with Crippen LogP contribution in [0, 0.1) is 0 Å². The normalized spacial score (nSPS) is 19.2. The van der Waals surface area contributed by atoms with Gasteiger partial charge in [-0.25, -0.2) is 4.79 Å². The number of para-hydroxylation sites is 1. The molecule has 2 aromatic rings. The van der Waals surface area contributed by atoms with Crippen molar-refractivity contribution in [3.05, 3.63) is 36.0 Å². The first-order valence-corrected chi connectivity index (χ1v) is 7.30. The van der Waals surface area contributed by atoms with Crippen molar-refractivity contribution in [1.29, 1.82) is 0 Å². The lowest BCUT2D eigenvalue weighted by molar-refractivity contribution is 0.0770. The maximum atomic E-state index is 12.1. The van der Waals surface area contributed by atoms with E-state index in [1.165, 1.54) is 10.9 Å². The van der Waals surface area contributed by atoms with Gasteiger partial charge in [0.25, 0.3) is 0 Å². The maximum Gasteiger partial charge on any atom is 0.410 e. The summed E-state index contributed by atoms with van der Waals surface area (Å²) in [6.07, 6.45) is 5.05. The van der Waals surface area contributed by atoms with Gasteiger partial charge in [-0.15, -0.1) is 0 Å². The minimum absolute atomic E-state index is 0.124. The molecule has 4 heteroatoms. The Bertz CT molecular complexity index is 605. The van der Waals surface area contributed by atoms with E-state index in [0.29, 0.717) is 6.61 Å². The van der Waals surface area contributed by atoms with Crippen LogP contribution in [0.2, 0.25) is 0 Å². The van der Waals surface area contributed by atoms with E-state index < -0.39 is 0 Å². The molecule has 1 aliphatic heterocycles. The predicted molar refractivity (Wildman–Crippen MR) is 78.6 cm³/mol. The lowest BCUT2D eigenvalue weighted by atomic mass is 9.95. The van der Waals surface area contributed by atoms with Gasteiger partial charge in [-0.1, -0.05) is 18.2 Å². The molecule has 0 spiro atoms. The molecule has 1 N–H and O–H groups in total. The number of hydrogen-bond donors (Lipinski definition) is 1. The highest BCUT2D eigenvalue weighted by atomic mass is 16.6. The fourth-order valence-electron chi connectivity index (χ4n) is 3.05. The van der Waals surface area contributed by atoms with Gasteiger partial charge >= 0.3 is 6.09 Å². The summed E-state index contributed by atoms with van der Waals surface area (Å²) in [7, 11) is 0. The molecule has 106 valence electrons. The van der Waals surface area contributed by atoms with Crippen molar-refractivity contribution in [3.8, 4) is 0 Å². The Balaban J connectivity index is 1.95. The minimum atomic E-state index is -0.192. The van der Waals surface area contributed by atoms with Crippen LogP contribution in [0.1, 0.15) is 37.8 Å². The molecule has 0 bridgehead atoms. The molecule has 1 fully saturated rings. The van der Waals surface area contributed by atoms with Gasteiger partial charge in [0.2, 0.25) is 0 Å². The Kier molecular flexibility index (Phi) is 3.63. The molecule has 1 aromatic carbocycles.